The number of carboxylic acids is 2. The monoisotopic (exact) mass is 261 g/mol. The van der Waals surface area contributed by atoms with Crippen LogP contribution in [0, 0.1) is 0 Å². The number of carbonyl (C=O) groups excluding carboxylic acids is 1. The first kappa shape index (κ1) is 16.4. The lowest BCUT2D eigenvalue weighted by atomic mass is 10.1. The van der Waals surface area contributed by atoms with Gasteiger partial charge in [-0.3, -0.25) is 19.7 Å². The highest BCUT2D eigenvalue weighted by Crippen LogP contribution is 2.10. The second kappa shape index (κ2) is 6.95. The van der Waals surface area contributed by atoms with Crippen molar-refractivity contribution < 1.29 is 29.3 Å². The topological polar surface area (TPSA) is 113 Å². The Bertz CT molecular complexity index is 320. The summed E-state index contributed by atoms with van der Waals surface area (Å²) in [5.41, 5.74) is -0.621. The number of carboxylic acid groups (broad SMARTS) is 2. The molecule has 0 aliphatic carbocycles. The summed E-state index contributed by atoms with van der Waals surface area (Å²) in [6.45, 7) is 4.66. The predicted octanol–water partition coefficient (Wildman–Crippen LogP) is 0.236. The summed E-state index contributed by atoms with van der Waals surface area (Å²) < 4.78 is 5.02. The van der Waals surface area contributed by atoms with Crippen molar-refractivity contribution in [3.63, 3.8) is 0 Å². The molecule has 7 heteroatoms. The molecule has 0 aliphatic rings. The first-order valence-corrected chi connectivity index (χ1v) is 5.51. The van der Waals surface area contributed by atoms with Crippen LogP contribution < -0.4 is 5.32 Å². The predicted molar refractivity (Wildman–Crippen MR) is 62.1 cm³/mol. The summed E-state index contributed by atoms with van der Waals surface area (Å²) in [4.78, 5) is 32.5. The zero-order chi connectivity index (χ0) is 14.3. The van der Waals surface area contributed by atoms with Gasteiger partial charge in [0, 0.05) is 6.42 Å². The molecule has 0 amide bonds. The SMILES string of the molecule is CC(C)(C)OC(=O)CCC(NCC(=O)O)C(=O)O. The quantitative estimate of drug-likeness (QED) is 0.562. The van der Waals surface area contributed by atoms with Crippen LogP contribution in [0.5, 0.6) is 0 Å². The van der Waals surface area contributed by atoms with Crippen molar-refractivity contribution in [2.45, 2.75) is 45.3 Å². The Hall–Kier alpha value is -1.63. The van der Waals surface area contributed by atoms with Crippen LogP contribution in [0.15, 0.2) is 0 Å². The Kier molecular flexibility index (Phi) is 6.32. The molecule has 0 fully saturated rings. The molecule has 0 saturated heterocycles. The molecule has 0 radical (unpaired) electrons. The highest BCUT2D eigenvalue weighted by atomic mass is 16.6. The van der Waals surface area contributed by atoms with Gasteiger partial charge in [0.1, 0.15) is 11.6 Å². The van der Waals surface area contributed by atoms with E-state index in [9.17, 15) is 14.4 Å². The van der Waals surface area contributed by atoms with Crippen molar-refractivity contribution in [3.05, 3.63) is 0 Å². The van der Waals surface area contributed by atoms with Crippen LogP contribution in [0.4, 0.5) is 0 Å². The second-order valence-electron chi connectivity index (χ2n) is 4.79. The fourth-order valence-electron chi connectivity index (χ4n) is 1.18. The van der Waals surface area contributed by atoms with Crippen molar-refractivity contribution in [3.8, 4) is 0 Å². The molecule has 0 aromatic rings. The molecule has 0 saturated carbocycles. The third kappa shape index (κ3) is 8.51. The van der Waals surface area contributed by atoms with E-state index in [4.69, 9.17) is 14.9 Å². The first-order chi connectivity index (χ1) is 8.11. The second-order valence-corrected chi connectivity index (χ2v) is 4.79. The van der Waals surface area contributed by atoms with Crippen LogP contribution in [-0.2, 0) is 19.1 Å². The molecule has 18 heavy (non-hydrogen) atoms. The molecule has 0 aliphatic heterocycles. The van der Waals surface area contributed by atoms with Crippen LogP contribution in [0.3, 0.4) is 0 Å². The van der Waals surface area contributed by atoms with Crippen LogP contribution >= 0.6 is 0 Å². The van der Waals surface area contributed by atoms with Gasteiger partial charge < -0.3 is 14.9 Å². The van der Waals surface area contributed by atoms with E-state index in [0.717, 1.165) is 0 Å². The molecule has 0 rings (SSSR count). The number of hydrogen-bond donors (Lipinski definition) is 3. The van der Waals surface area contributed by atoms with E-state index < -0.39 is 36.1 Å². The number of rotatable bonds is 7. The Morgan fingerprint density at radius 3 is 2.17 bits per heavy atom. The van der Waals surface area contributed by atoms with Gasteiger partial charge in [-0.1, -0.05) is 0 Å². The zero-order valence-corrected chi connectivity index (χ0v) is 10.7. The molecule has 0 aromatic carbocycles. The minimum Gasteiger partial charge on any atom is -0.480 e. The zero-order valence-electron chi connectivity index (χ0n) is 10.7. The first-order valence-electron chi connectivity index (χ1n) is 5.51. The van der Waals surface area contributed by atoms with Gasteiger partial charge in [0.2, 0.25) is 0 Å². The molecule has 0 bridgehead atoms. The van der Waals surface area contributed by atoms with Gasteiger partial charge >= 0.3 is 17.9 Å². The van der Waals surface area contributed by atoms with E-state index >= 15 is 0 Å². The molecule has 7 nitrogen and oxygen atoms in total. The third-order valence-electron chi connectivity index (χ3n) is 1.85. The lowest BCUT2D eigenvalue weighted by Gasteiger charge is -2.20. The minimum absolute atomic E-state index is 0.0163. The average Bonchev–Trinajstić information content (AvgIpc) is 2.13. The summed E-state index contributed by atoms with van der Waals surface area (Å²) in [7, 11) is 0. The van der Waals surface area contributed by atoms with E-state index in [2.05, 4.69) is 5.32 Å². The van der Waals surface area contributed by atoms with Crippen molar-refractivity contribution in [2.75, 3.05) is 6.54 Å². The molecule has 3 N–H and O–H groups in total. The highest BCUT2D eigenvalue weighted by molar-refractivity contribution is 5.77. The smallest absolute Gasteiger partial charge is 0.320 e. The van der Waals surface area contributed by atoms with E-state index in [1.807, 2.05) is 0 Å². The summed E-state index contributed by atoms with van der Waals surface area (Å²) >= 11 is 0. The minimum atomic E-state index is -1.19. The van der Waals surface area contributed by atoms with E-state index in [1.54, 1.807) is 20.8 Å². The number of nitrogens with one attached hydrogen (secondary N) is 1. The van der Waals surface area contributed by atoms with Gasteiger partial charge in [-0.2, -0.15) is 0 Å². The van der Waals surface area contributed by atoms with Gasteiger partial charge in [0.05, 0.1) is 6.54 Å². The van der Waals surface area contributed by atoms with Crippen LogP contribution in [0.2, 0.25) is 0 Å². The maximum Gasteiger partial charge on any atom is 0.320 e. The van der Waals surface area contributed by atoms with Gasteiger partial charge in [-0.15, -0.1) is 0 Å². The third-order valence-corrected chi connectivity index (χ3v) is 1.85. The Morgan fingerprint density at radius 1 is 1.22 bits per heavy atom. The average molecular weight is 261 g/mol. The van der Waals surface area contributed by atoms with E-state index in [-0.39, 0.29) is 12.8 Å². The largest absolute Gasteiger partial charge is 0.480 e. The van der Waals surface area contributed by atoms with Gasteiger partial charge in [-0.25, -0.2) is 0 Å². The van der Waals surface area contributed by atoms with Crippen molar-refractivity contribution in [1.82, 2.24) is 5.32 Å². The van der Waals surface area contributed by atoms with Crippen LogP contribution in [-0.4, -0.2) is 46.3 Å². The normalized spacial score (nSPS) is 12.8. The molecule has 0 spiro atoms. The van der Waals surface area contributed by atoms with Crippen molar-refractivity contribution in [2.24, 2.45) is 0 Å². The van der Waals surface area contributed by atoms with Gasteiger partial charge in [-0.05, 0) is 27.2 Å². The summed E-state index contributed by atoms with van der Waals surface area (Å²) in [5, 5.41) is 19.6. The number of ether oxygens (including phenoxy) is 1. The fraction of sp³-hybridized carbons (Fsp3) is 0.727. The Balaban J connectivity index is 4.15. The lowest BCUT2D eigenvalue weighted by Crippen LogP contribution is -2.40. The maximum atomic E-state index is 11.4. The fourth-order valence-corrected chi connectivity index (χ4v) is 1.18. The standard InChI is InChI=1S/C11H19NO6/c1-11(2,3)18-9(15)5-4-7(10(16)17)12-6-8(13)14/h7,12H,4-6H2,1-3H3,(H,13,14)(H,16,17). The Labute approximate surface area is 105 Å². The van der Waals surface area contributed by atoms with Crippen molar-refractivity contribution in [1.29, 1.82) is 0 Å². The molecule has 0 aromatic heterocycles. The molecule has 1 unspecified atom stereocenters. The number of esters is 1. The summed E-state index contributed by atoms with van der Waals surface area (Å²) in [5.74, 6) is -2.86. The summed E-state index contributed by atoms with van der Waals surface area (Å²) in [6.07, 6.45) is -0.0988. The summed E-state index contributed by atoms with van der Waals surface area (Å²) in [6, 6.07) is -1.08. The van der Waals surface area contributed by atoms with Crippen LogP contribution in [0.25, 0.3) is 0 Å². The van der Waals surface area contributed by atoms with Gasteiger partial charge in [0.25, 0.3) is 0 Å². The maximum absolute atomic E-state index is 11.4. The lowest BCUT2D eigenvalue weighted by molar-refractivity contribution is -0.155. The Morgan fingerprint density at radius 2 is 1.78 bits per heavy atom. The van der Waals surface area contributed by atoms with Crippen molar-refractivity contribution >= 4 is 17.9 Å². The molecular weight excluding hydrogens is 242 g/mol. The number of carbonyl (C=O) groups is 3. The molecule has 1 atom stereocenters. The molecule has 0 heterocycles. The molecule has 104 valence electrons. The number of aliphatic carboxylic acids is 2. The highest BCUT2D eigenvalue weighted by Gasteiger charge is 2.21. The van der Waals surface area contributed by atoms with E-state index in [1.165, 1.54) is 0 Å². The van der Waals surface area contributed by atoms with Crippen LogP contribution in [0.1, 0.15) is 33.6 Å². The molecular formula is C11H19NO6. The van der Waals surface area contributed by atoms with E-state index in [0.29, 0.717) is 0 Å². The van der Waals surface area contributed by atoms with Gasteiger partial charge in [0.15, 0.2) is 0 Å². The number of hydrogen-bond acceptors (Lipinski definition) is 5.